The minimum atomic E-state index is 0.00288. The molecule has 2 aromatic rings. The molecule has 1 aliphatic carbocycles. The number of rotatable bonds is 3. The Morgan fingerprint density at radius 3 is 2.00 bits per heavy atom. The highest BCUT2D eigenvalue weighted by Gasteiger charge is 2.47. The van der Waals surface area contributed by atoms with Gasteiger partial charge in [0.2, 0.25) is 0 Å². The normalized spacial score (nSPS) is 25.1. The molecule has 1 saturated carbocycles. The molecule has 0 spiro atoms. The smallest absolute Gasteiger partial charge is 0.0461 e. The summed E-state index contributed by atoms with van der Waals surface area (Å²) in [7, 11) is 0. The molecule has 1 aliphatic rings. The Morgan fingerprint density at radius 1 is 0.923 bits per heavy atom. The first-order valence-electron chi connectivity index (χ1n) is 9.21. The maximum Gasteiger partial charge on any atom is 0.0461 e. The van der Waals surface area contributed by atoms with Gasteiger partial charge in [-0.05, 0) is 59.7 Å². The predicted octanol–water partition coefficient (Wildman–Crippen LogP) is 5.04. The van der Waals surface area contributed by atoms with E-state index < -0.39 is 0 Å². The van der Waals surface area contributed by atoms with Crippen molar-refractivity contribution in [1.82, 2.24) is 4.57 Å². The van der Waals surface area contributed by atoms with Crippen LogP contribution in [0.3, 0.4) is 0 Å². The van der Waals surface area contributed by atoms with Gasteiger partial charge in [-0.2, -0.15) is 0 Å². The predicted molar refractivity (Wildman–Crippen MR) is 114 cm³/mol. The first kappa shape index (κ1) is 18.3. The minimum Gasteiger partial charge on any atom is -0.312 e. The Balaban J connectivity index is 2.09. The molecule has 134 valence electrons. The zero-order valence-corrected chi connectivity index (χ0v) is 16.5. The van der Waals surface area contributed by atoms with Crippen molar-refractivity contribution < 1.29 is 0 Å². The maximum atomic E-state index is 4.10. The quantitative estimate of drug-likeness (QED) is 0.735. The van der Waals surface area contributed by atoms with Crippen molar-refractivity contribution in [3.05, 3.63) is 88.6 Å². The fourth-order valence-corrected chi connectivity index (χ4v) is 4.74. The first-order valence-corrected chi connectivity index (χ1v) is 9.21. The molecule has 0 saturated heterocycles. The monoisotopic (exact) mass is 343 g/mol. The Morgan fingerprint density at radius 2 is 1.50 bits per heavy atom. The van der Waals surface area contributed by atoms with Gasteiger partial charge in [0.15, 0.2) is 0 Å². The molecule has 1 nitrogen and oxygen atoms in total. The largest absolute Gasteiger partial charge is 0.312 e. The van der Waals surface area contributed by atoms with E-state index in [1.165, 1.54) is 16.7 Å². The third-order valence-electron chi connectivity index (χ3n) is 5.79. The van der Waals surface area contributed by atoms with E-state index in [-0.39, 0.29) is 10.8 Å². The van der Waals surface area contributed by atoms with Crippen molar-refractivity contribution in [1.29, 1.82) is 0 Å². The van der Waals surface area contributed by atoms with Crippen molar-refractivity contribution in [3.63, 3.8) is 0 Å². The molecule has 3 rings (SSSR count). The second-order valence-corrected chi connectivity index (χ2v) is 8.11. The van der Waals surface area contributed by atoms with Crippen molar-refractivity contribution in [3.8, 4) is 5.69 Å². The van der Waals surface area contributed by atoms with Crippen LogP contribution >= 0.6 is 0 Å². The zero-order valence-electron chi connectivity index (χ0n) is 16.5. The summed E-state index contributed by atoms with van der Waals surface area (Å²) in [5, 5.41) is 1.92. The van der Waals surface area contributed by atoms with E-state index in [0.29, 0.717) is 0 Å². The van der Waals surface area contributed by atoms with Crippen molar-refractivity contribution in [2.24, 2.45) is 5.41 Å². The van der Waals surface area contributed by atoms with Gasteiger partial charge in [0.1, 0.15) is 0 Å². The van der Waals surface area contributed by atoms with Gasteiger partial charge >= 0.3 is 0 Å². The average Bonchev–Trinajstić information content (AvgIpc) is 3.02. The SMILES string of the molecule is C=CC=C1/C(=C\C)C(C)(c2ccc(-n3c(=C)ccc3=C)cc2)CC1(C)C. The molecule has 1 atom stereocenters. The van der Waals surface area contributed by atoms with Crippen LogP contribution in [0.25, 0.3) is 18.8 Å². The van der Waals surface area contributed by atoms with Gasteiger partial charge in [-0.3, -0.25) is 0 Å². The van der Waals surface area contributed by atoms with E-state index in [0.717, 1.165) is 22.8 Å². The van der Waals surface area contributed by atoms with E-state index in [2.05, 4.69) is 88.4 Å². The van der Waals surface area contributed by atoms with Crippen LogP contribution in [0.5, 0.6) is 0 Å². The topological polar surface area (TPSA) is 4.93 Å². The number of allylic oxidation sites excluding steroid dienone is 5. The number of benzene rings is 1. The van der Waals surface area contributed by atoms with E-state index >= 15 is 0 Å². The van der Waals surface area contributed by atoms with E-state index in [1.54, 1.807) is 0 Å². The van der Waals surface area contributed by atoms with Gasteiger partial charge in [-0.25, -0.2) is 0 Å². The van der Waals surface area contributed by atoms with Crippen LogP contribution in [0.1, 0.15) is 39.7 Å². The lowest BCUT2D eigenvalue weighted by atomic mass is 9.76. The molecular weight excluding hydrogens is 314 g/mol. The van der Waals surface area contributed by atoms with Gasteiger partial charge in [-0.15, -0.1) is 0 Å². The van der Waals surface area contributed by atoms with Crippen LogP contribution in [0.15, 0.2) is 72.4 Å². The van der Waals surface area contributed by atoms with E-state index in [1.807, 2.05) is 18.2 Å². The van der Waals surface area contributed by atoms with Gasteiger partial charge in [0.25, 0.3) is 0 Å². The summed E-state index contributed by atoms with van der Waals surface area (Å²) in [5.41, 5.74) is 5.39. The minimum absolute atomic E-state index is 0.00288. The molecule has 0 radical (unpaired) electrons. The molecule has 1 unspecified atom stereocenters. The summed E-state index contributed by atoms with van der Waals surface area (Å²) < 4.78 is 2.09. The summed E-state index contributed by atoms with van der Waals surface area (Å²) >= 11 is 0. The van der Waals surface area contributed by atoms with Gasteiger partial charge < -0.3 is 4.57 Å². The lowest BCUT2D eigenvalue weighted by Crippen LogP contribution is -2.24. The fourth-order valence-electron chi connectivity index (χ4n) is 4.74. The molecule has 0 N–H and O–H groups in total. The lowest BCUT2D eigenvalue weighted by molar-refractivity contribution is 0.388. The number of hydrogen-bond acceptors (Lipinski definition) is 0. The number of hydrogen-bond donors (Lipinski definition) is 0. The zero-order chi connectivity index (χ0) is 19.1. The third-order valence-corrected chi connectivity index (χ3v) is 5.79. The maximum absolute atomic E-state index is 4.10. The standard InChI is InChI=1S/C25H29N/c1-8-10-23-22(9-2)25(7,17-24(23,5)6)20-13-15-21(16-14-20)26-18(3)11-12-19(26)4/h8-16H,1,3-4,17H2,2,5-7H3/b22-9+,23-10?. The highest BCUT2D eigenvalue weighted by Crippen LogP contribution is 2.57. The highest BCUT2D eigenvalue weighted by molar-refractivity contribution is 5.55. The summed E-state index contributed by atoms with van der Waals surface area (Å²) in [6, 6.07) is 12.9. The third kappa shape index (κ3) is 2.72. The van der Waals surface area contributed by atoms with Crippen LogP contribution < -0.4 is 10.7 Å². The first-order chi connectivity index (χ1) is 12.2. The molecule has 1 aromatic heterocycles. The summed E-state index contributed by atoms with van der Waals surface area (Å²) in [5.74, 6) is 0. The van der Waals surface area contributed by atoms with Crippen LogP contribution in [0.4, 0.5) is 0 Å². The second-order valence-electron chi connectivity index (χ2n) is 8.11. The molecule has 0 bridgehead atoms. The van der Waals surface area contributed by atoms with Crippen LogP contribution in [-0.4, -0.2) is 4.57 Å². The van der Waals surface area contributed by atoms with Crippen LogP contribution in [-0.2, 0) is 5.41 Å². The molecule has 0 aliphatic heterocycles. The summed E-state index contributed by atoms with van der Waals surface area (Å²) in [6.07, 6.45) is 7.45. The Labute approximate surface area is 157 Å². The van der Waals surface area contributed by atoms with Gasteiger partial charge in [0, 0.05) is 21.8 Å². The Kier molecular flexibility index (Phi) is 4.44. The Hall–Kier alpha value is -2.54. The fraction of sp³-hybridized carbons (Fsp3) is 0.280. The average molecular weight is 344 g/mol. The molecule has 1 heteroatoms. The van der Waals surface area contributed by atoms with Crippen molar-refractivity contribution >= 4 is 13.2 Å². The molecule has 1 aromatic carbocycles. The van der Waals surface area contributed by atoms with Gasteiger partial charge in [-0.1, -0.05) is 70.9 Å². The second kappa shape index (κ2) is 6.32. The van der Waals surface area contributed by atoms with E-state index in [9.17, 15) is 0 Å². The highest BCUT2D eigenvalue weighted by atomic mass is 15.0. The number of aromatic nitrogens is 1. The molecule has 1 heterocycles. The van der Waals surface area contributed by atoms with Crippen molar-refractivity contribution in [2.75, 3.05) is 0 Å². The van der Waals surface area contributed by atoms with E-state index in [4.69, 9.17) is 0 Å². The Bertz CT molecular complexity index is 968. The van der Waals surface area contributed by atoms with Gasteiger partial charge in [0.05, 0.1) is 0 Å². The van der Waals surface area contributed by atoms with Crippen LogP contribution in [0, 0.1) is 5.41 Å². The van der Waals surface area contributed by atoms with Crippen molar-refractivity contribution in [2.45, 2.75) is 39.5 Å². The lowest BCUT2D eigenvalue weighted by Gasteiger charge is -2.28. The molecule has 1 fully saturated rings. The number of nitrogens with zero attached hydrogens (tertiary/aromatic N) is 1. The molecule has 26 heavy (non-hydrogen) atoms. The molecule has 0 amide bonds. The van der Waals surface area contributed by atoms with Crippen LogP contribution in [0.2, 0.25) is 0 Å². The summed E-state index contributed by atoms with van der Waals surface area (Å²) in [6.45, 7) is 21.3. The molecular formula is C25H29N. The summed E-state index contributed by atoms with van der Waals surface area (Å²) in [4.78, 5) is 0.